The van der Waals surface area contributed by atoms with Gasteiger partial charge in [-0.05, 0) is 29.8 Å². The quantitative estimate of drug-likeness (QED) is 0.600. The van der Waals surface area contributed by atoms with Crippen LogP contribution in [0.1, 0.15) is 11.4 Å². The Bertz CT molecular complexity index is 1170. The highest BCUT2D eigenvalue weighted by Crippen LogP contribution is 2.32. The third-order valence-corrected chi connectivity index (χ3v) is 4.07. The van der Waals surface area contributed by atoms with Crippen LogP contribution in [0.4, 0.5) is 13.2 Å². The number of alkyl halides is 3. The van der Waals surface area contributed by atoms with Crippen molar-refractivity contribution in [3.05, 3.63) is 76.9 Å². The number of aromatic nitrogens is 5. The largest absolute Gasteiger partial charge is 0.416 e. The molecule has 0 radical (unpaired) electrons. The van der Waals surface area contributed by atoms with Gasteiger partial charge in [-0.2, -0.15) is 13.2 Å². The minimum absolute atomic E-state index is 0.118. The summed E-state index contributed by atoms with van der Waals surface area (Å²) in [5.74, 6) is 0.435. The van der Waals surface area contributed by atoms with Crippen LogP contribution in [0, 0.1) is 0 Å². The van der Waals surface area contributed by atoms with E-state index < -0.39 is 17.4 Å². The Kier molecular flexibility index (Phi) is 3.98. The van der Waals surface area contributed by atoms with E-state index >= 15 is 0 Å². The lowest BCUT2D eigenvalue weighted by Crippen LogP contribution is -2.18. The first kappa shape index (κ1) is 17.0. The van der Waals surface area contributed by atoms with E-state index in [4.69, 9.17) is 0 Å². The monoisotopic (exact) mass is 371 g/mol. The highest BCUT2D eigenvalue weighted by molar-refractivity contribution is 5.78. The van der Waals surface area contributed by atoms with Crippen LogP contribution in [0.2, 0.25) is 0 Å². The molecular weight excluding hydrogens is 359 g/mol. The predicted octanol–water partition coefficient (Wildman–Crippen LogP) is 3.25. The first-order valence-electron chi connectivity index (χ1n) is 7.94. The summed E-state index contributed by atoms with van der Waals surface area (Å²) in [6.07, 6.45) is 0.120. The molecule has 1 aromatic carbocycles. The van der Waals surface area contributed by atoms with E-state index in [1.807, 2.05) is 0 Å². The number of hydrogen-bond acceptors (Lipinski definition) is 4. The number of imidazole rings is 1. The highest BCUT2D eigenvalue weighted by Gasteiger charge is 2.30. The lowest BCUT2D eigenvalue weighted by atomic mass is 10.0. The topological polar surface area (TPSA) is 76.5 Å². The molecule has 0 saturated carbocycles. The molecule has 27 heavy (non-hydrogen) atoms. The Balaban J connectivity index is 1.81. The van der Waals surface area contributed by atoms with Crippen molar-refractivity contribution < 1.29 is 13.2 Å². The molecule has 0 bridgehead atoms. The highest BCUT2D eigenvalue weighted by atomic mass is 19.4. The van der Waals surface area contributed by atoms with Crippen LogP contribution in [-0.2, 0) is 12.7 Å². The van der Waals surface area contributed by atoms with Gasteiger partial charge in [0.25, 0.3) is 0 Å². The maximum Gasteiger partial charge on any atom is 0.416 e. The number of fused-ring (bicyclic) bond motifs is 1. The van der Waals surface area contributed by atoms with Crippen LogP contribution in [0.3, 0.4) is 0 Å². The molecule has 0 aliphatic heterocycles. The first-order chi connectivity index (χ1) is 12.9. The molecule has 3 heterocycles. The van der Waals surface area contributed by atoms with Gasteiger partial charge in [-0.15, -0.1) is 0 Å². The molecule has 6 nitrogen and oxygen atoms in total. The fourth-order valence-corrected chi connectivity index (χ4v) is 2.78. The molecule has 1 N–H and O–H groups in total. The Morgan fingerprint density at radius 2 is 1.78 bits per heavy atom. The lowest BCUT2D eigenvalue weighted by molar-refractivity contribution is -0.137. The molecule has 0 aliphatic rings. The minimum atomic E-state index is -4.44. The van der Waals surface area contributed by atoms with E-state index in [9.17, 15) is 18.0 Å². The molecule has 4 aromatic rings. The zero-order chi connectivity index (χ0) is 19.0. The van der Waals surface area contributed by atoms with Crippen molar-refractivity contribution in [2.45, 2.75) is 12.7 Å². The second-order valence-corrected chi connectivity index (χ2v) is 5.85. The summed E-state index contributed by atoms with van der Waals surface area (Å²) >= 11 is 0. The average molecular weight is 371 g/mol. The van der Waals surface area contributed by atoms with Crippen LogP contribution in [-0.4, -0.2) is 24.5 Å². The van der Waals surface area contributed by atoms with Gasteiger partial charge in [0.05, 0.1) is 17.6 Å². The molecule has 0 amide bonds. The number of nitrogens with one attached hydrogen (secondary N) is 1. The molecule has 0 aliphatic carbocycles. The van der Waals surface area contributed by atoms with Crippen molar-refractivity contribution in [1.29, 1.82) is 0 Å². The van der Waals surface area contributed by atoms with Crippen molar-refractivity contribution in [2.75, 3.05) is 0 Å². The number of pyridine rings is 1. The fourth-order valence-electron chi connectivity index (χ4n) is 2.78. The molecule has 0 atom stereocenters. The van der Waals surface area contributed by atoms with E-state index in [1.165, 1.54) is 16.8 Å². The fraction of sp³-hybridized carbons (Fsp3) is 0.111. The summed E-state index contributed by atoms with van der Waals surface area (Å²) in [7, 11) is 0. The van der Waals surface area contributed by atoms with E-state index in [0.717, 1.165) is 12.1 Å². The van der Waals surface area contributed by atoms with E-state index in [2.05, 4.69) is 19.9 Å². The van der Waals surface area contributed by atoms with Gasteiger partial charge in [0.1, 0.15) is 5.82 Å². The first-order valence-corrected chi connectivity index (χ1v) is 7.94. The standard InChI is InChI=1S/C18H12F3N5O/c19-18(20,21)13-4-1-3-11(7-13)12-8-14-16(24-9-12)25-17(27)26(14)10-15-22-5-2-6-23-15/h1-9H,10H2,(H,24,25,27). The van der Waals surface area contributed by atoms with Gasteiger partial charge in [-0.25, -0.2) is 19.7 Å². The SMILES string of the molecule is O=c1[nH]c2ncc(-c3cccc(C(F)(F)F)c3)cc2n1Cc1ncccn1. The summed E-state index contributed by atoms with van der Waals surface area (Å²) in [5.41, 5.74) is 0.482. The summed E-state index contributed by atoms with van der Waals surface area (Å²) < 4.78 is 40.3. The molecule has 0 saturated heterocycles. The zero-order valence-corrected chi connectivity index (χ0v) is 13.7. The van der Waals surface area contributed by atoms with E-state index in [0.29, 0.717) is 28.1 Å². The van der Waals surface area contributed by atoms with Crippen molar-refractivity contribution in [2.24, 2.45) is 0 Å². The number of hydrogen-bond donors (Lipinski definition) is 1. The second-order valence-electron chi connectivity index (χ2n) is 5.85. The molecular formula is C18H12F3N5O. The van der Waals surface area contributed by atoms with Gasteiger partial charge >= 0.3 is 11.9 Å². The third kappa shape index (κ3) is 3.31. The van der Waals surface area contributed by atoms with Gasteiger partial charge in [0, 0.05) is 24.2 Å². The van der Waals surface area contributed by atoms with Gasteiger partial charge in [-0.1, -0.05) is 12.1 Å². The summed E-state index contributed by atoms with van der Waals surface area (Å²) in [4.78, 5) is 27.2. The van der Waals surface area contributed by atoms with Crippen LogP contribution in [0.5, 0.6) is 0 Å². The van der Waals surface area contributed by atoms with Gasteiger partial charge < -0.3 is 0 Å². The van der Waals surface area contributed by atoms with Crippen LogP contribution < -0.4 is 5.69 Å². The Morgan fingerprint density at radius 1 is 1.00 bits per heavy atom. The van der Waals surface area contributed by atoms with Crippen molar-refractivity contribution in [3.63, 3.8) is 0 Å². The Labute approximate surface area is 150 Å². The third-order valence-electron chi connectivity index (χ3n) is 4.07. The van der Waals surface area contributed by atoms with E-state index in [1.54, 1.807) is 30.6 Å². The molecule has 9 heteroatoms. The van der Waals surface area contributed by atoms with Gasteiger partial charge in [0.15, 0.2) is 5.65 Å². The Morgan fingerprint density at radius 3 is 2.52 bits per heavy atom. The van der Waals surface area contributed by atoms with E-state index in [-0.39, 0.29) is 6.54 Å². The number of benzene rings is 1. The summed E-state index contributed by atoms with van der Waals surface area (Å²) in [6.45, 7) is 0.118. The lowest BCUT2D eigenvalue weighted by Gasteiger charge is -2.09. The molecule has 0 spiro atoms. The van der Waals surface area contributed by atoms with Crippen LogP contribution in [0.25, 0.3) is 22.3 Å². The molecule has 0 unspecified atom stereocenters. The molecule has 4 rings (SSSR count). The number of rotatable bonds is 3. The smallest absolute Gasteiger partial charge is 0.290 e. The number of aromatic amines is 1. The molecule has 136 valence electrons. The molecule has 0 fully saturated rings. The maximum absolute atomic E-state index is 13.0. The average Bonchev–Trinajstić information content (AvgIpc) is 2.97. The minimum Gasteiger partial charge on any atom is -0.290 e. The Hall–Kier alpha value is -3.49. The van der Waals surface area contributed by atoms with Crippen LogP contribution >= 0.6 is 0 Å². The predicted molar refractivity (Wildman–Crippen MR) is 91.9 cm³/mol. The van der Waals surface area contributed by atoms with Gasteiger partial charge in [0.2, 0.25) is 0 Å². The van der Waals surface area contributed by atoms with Crippen molar-refractivity contribution in [1.82, 2.24) is 24.5 Å². The van der Waals surface area contributed by atoms with Crippen LogP contribution in [0.15, 0.2) is 59.8 Å². The summed E-state index contributed by atoms with van der Waals surface area (Å²) in [5, 5.41) is 0. The molecule has 3 aromatic heterocycles. The number of H-pyrrole nitrogens is 1. The normalized spacial score (nSPS) is 11.8. The maximum atomic E-state index is 13.0. The van der Waals surface area contributed by atoms with Gasteiger partial charge in [-0.3, -0.25) is 9.55 Å². The zero-order valence-electron chi connectivity index (χ0n) is 13.7. The van der Waals surface area contributed by atoms with Crippen molar-refractivity contribution in [3.8, 4) is 11.1 Å². The second kappa shape index (κ2) is 6.35. The summed E-state index contributed by atoms with van der Waals surface area (Å²) in [6, 6.07) is 8.25. The number of nitrogens with zero attached hydrogens (tertiary/aromatic N) is 4. The number of halogens is 3. The van der Waals surface area contributed by atoms with Crippen molar-refractivity contribution >= 4 is 11.2 Å².